The number of carboxylic acids is 1. The molecule has 0 heterocycles. The van der Waals surface area contributed by atoms with Crippen molar-refractivity contribution in [2.24, 2.45) is 0 Å². The van der Waals surface area contributed by atoms with Crippen LogP contribution in [0.5, 0.6) is 0 Å². The predicted octanol–water partition coefficient (Wildman–Crippen LogP) is 2.77. The summed E-state index contributed by atoms with van der Waals surface area (Å²) >= 11 is 8.85. The molecular weight excluding hydrogens is 301 g/mol. The molecule has 0 amide bonds. The molecule has 0 aromatic heterocycles. The first-order valence-electron chi connectivity index (χ1n) is 4.19. The molecule has 0 radical (unpaired) electrons. The molecule has 0 fully saturated rings. The Balaban J connectivity index is 3.38. The molecule has 5 nitrogen and oxygen atoms in total. The molecule has 0 saturated heterocycles. The predicted molar refractivity (Wildman–Crippen MR) is 62.1 cm³/mol. The van der Waals surface area contributed by atoms with Crippen molar-refractivity contribution in [1.29, 1.82) is 0 Å². The highest BCUT2D eigenvalue weighted by atomic mass is 79.9. The maximum absolute atomic E-state index is 10.8. The summed E-state index contributed by atoms with van der Waals surface area (Å²) in [7, 11) is 0. The van der Waals surface area contributed by atoms with E-state index in [0.29, 0.717) is 10.9 Å². The standard InChI is InChI=1S/C9H7BrClNO4/c10-4-5-1-6(11)2-8(12(15)16)7(5)3-9(13)14/h1-2H,3-4H2,(H,13,14). The van der Waals surface area contributed by atoms with Gasteiger partial charge in [0.15, 0.2) is 0 Å². The number of nitrogens with zero attached hydrogens (tertiary/aromatic N) is 1. The van der Waals surface area contributed by atoms with Crippen molar-refractivity contribution in [3.05, 3.63) is 38.4 Å². The van der Waals surface area contributed by atoms with Crippen LogP contribution in [0.25, 0.3) is 0 Å². The quantitative estimate of drug-likeness (QED) is 0.527. The van der Waals surface area contributed by atoms with Crippen LogP contribution in [-0.2, 0) is 16.5 Å². The summed E-state index contributed by atoms with van der Waals surface area (Å²) in [5.74, 6) is -1.12. The van der Waals surface area contributed by atoms with Crippen LogP contribution in [0.15, 0.2) is 12.1 Å². The number of rotatable bonds is 4. The molecule has 86 valence electrons. The molecule has 0 aliphatic heterocycles. The lowest BCUT2D eigenvalue weighted by Gasteiger charge is -2.06. The van der Waals surface area contributed by atoms with Gasteiger partial charge in [0.2, 0.25) is 0 Å². The van der Waals surface area contributed by atoms with Crippen molar-refractivity contribution in [3.63, 3.8) is 0 Å². The summed E-state index contributed by atoms with van der Waals surface area (Å²) in [5.41, 5.74) is 0.435. The molecule has 1 rings (SSSR count). The van der Waals surface area contributed by atoms with Gasteiger partial charge in [-0.2, -0.15) is 0 Å². The highest BCUT2D eigenvalue weighted by Gasteiger charge is 2.20. The number of alkyl halides is 1. The number of nitro groups is 1. The molecule has 0 saturated carbocycles. The van der Waals surface area contributed by atoms with Gasteiger partial charge in [0.05, 0.1) is 11.3 Å². The highest BCUT2D eigenvalue weighted by molar-refractivity contribution is 9.08. The SMILES string of the molecule is O=C(O)Cc1c(CBr)cc(Cl)cc1[N+](=O)[O-]. The molecule has 1 N–H and O–H groups in total. The fraction of sp³-hybridized carbons (Fsp3) is 0.222. The van der Waals surface area contributed by atoms with E-state index >= 15 is 0 Å². The van der Waals surface area contributed by atoms with Gasteiger partial charge in [-0.15, -0.1) is 0 Å². The van der Waals surface area contributed by atoms with Crippen molar-refractivity contribution in [2.75, 3.05) is 0 Å². The van der Waals surface area contributed by atoms with Crippen LogP contribution < -0.4 is 0 Å². The molecule has 1 aromatic carbocycles. The van der Waals surface area contributed by atoms with E-state index in [0.717, 1.165) is 6.07 Å². The van der Waals surface area contributed by atoms with Gasteiger partial charge >= 0.3 is 5.97 Å². The van der Waals surface area contributed by atoms with E-state index in [-0.39, 0.29) is 16.3 Å². The van der Waals surface area contributed by atoms with Crippen LogP contribution in [0.4, 0.5) is 5.69 Å². The number of halogens is 2. The van der Waals surface area contributed by atoms with Gasteiger partial charge in [-0.1, -0.05) is 27.5 Å². The van der Waals surface area contributed by atoms with Crippen LogP contribution in [0.2, 0.25) is 5.02 Å². The van der Waals surface area contributed by atoms with Gasteiger partial charge in [-0.05, 0) is 11.6 Å². The first-order valence-corrected chi connectivity index (χ1v) is 5.69. The number of nitro benzene ring substituents is 1. The average Bonchev–Trinajstić information content (AvgIpc) is 2.19. The average molecular weight is 309 g/mol. The van der Waals surface area contributed by atoms with E-state index in [9.17, 15) is 14.9 Å². The molecule has 0 bridgehead atoms. The molecule has 16 heavy (non-hydrogen) atoms. The zero-order valence-electron chi connectivity index (χ0n) is 7.94. The fourth-order valence-electron chi connectivity index (χ4n) is 1.31. The van der Waals surface area contributed by atoms with Crippen molar-refractivity contribution in [1.82, 2.24) is 0 Å². The monoisotopic (exact) mass is 307 g/mol. The van der Waals surface area contributed by atoms with Gasteiger partial charge in [0.25, 0.3) is 5.69 Å². The zero-order chi connectivity index (χ0) is 12.3. The van der Waals surface area contributed by atoms with Crippen molar-refractivity contribution < 1.29 is 14.8 Å². The van der Waals surface area contributed by atoms with Crippen LogP contribution in [0.1, 0.15) is 11.1 Å². The van der Waals surface area contributed by atoms with Crippen LogP contribution in [-0.4, -0.2) is 16.0 Å². The van der Waals surface area contributed by atoms with Gasteiger partial charge < -0.3 is 5.11 Å². The van der Waals surface area contributed by atoms with Gasteiger partial charge in [-0.25, -0.2) is 0 Å². The highest BCUT2D eigenvalue weighted by Crippen LogP contribution is 2.29. The Labute approximate surface area is 104 Å². The maximum atomic E-state index is 10.8. The summed E-state index contributed by atoms with van der Waals surface area (Å²) in [6.45, 7) is 0. The second-order valence-corrected chi connectivity index (χ2v) is 4.02. The van der Waals surface area contributed by atoms with E-state index < -0.39 is 17.3 Å². The first-order chi connectivity index (χ1) is 7.45. The van der Waals surface area contributed by atoms with Crippen LogP contribution in [0, 0.1) is 10.1 Å². The van der Waals surface area contributed by atoms with Crippen molar-refractivity contribution in [2.45, 2.75) is 11.8 Å². The Kier molecular flexibility index (Phi) is 4.26. The number of hydrogen-bond donors (Lipinski definition) is 1. The minimum atomic E-state index is -1.12. The Hall–Kier alpha value is -1.14. The van der Waals surface area contributed by atoms with Gasteiger partial charge in [0.1, 0.15) is 0 Å². The number of aliphatic carboxylic acids is 1. The molecule has 0 aliphatic rings. The topological polar surface area (TPSA) is 80.4 Å². The first kappa shape index (κ1) is 12.9. The van der Waals surface area contributed by atoms with Crippen LogP contribution in [0.3, 0.4) is 0 Å². The molecule has 1 aromatic rings. The third kappa shape index (κ3) is 2.93. The van der Waals surface area contributed by atoms with E-state index in [1.165, 1.54) is 6.07 Å². The molecule has 0 unspecified atom stereocenters. The Bertz CT molecular complexity index is 449. The largest absolute Gasteiger partial charge is 0.481 e. The summed E-state index contributed by atoms with van der Waals surface area (Å²) in [4.78, 5) is 20.8. The van der Waals surface area contributed by atoms with E-state index in [2.05, 4.69) is 15.9 Å². The third-order valence-electron chi connectivity index (χ3n) is 1.95. The summed E-state index contributed by atoms with van der Waals surface area (Å²) in [6.07, 6.45) is -0.394. The maximum Gasteiger partial charge on any atom is 0.308 e. The minimum Gasteiger partial charge on any atom is -0.481 e. The third-order valence-corrected chi connectivity index (χ3v) is 2.77. The van der Waals surface area contributed by atoms with E-state index in [1.54, 1.807) is 0 Å². The lowest BCUT2D eigenvalue weighted by Crippen LogP contribution is -2.06. The number of carboxylic acid groups (broad SMARTS) is 1. The van der Waals surface area contributed by atoms with Gasteiger partial charge in [0, 0.05) is 22.0 Å². The second-order valence-electron chi connectivity index (χ2n) is 3.02. The van der Waals surface area contributed by atoms with Crippen molar-refractivity contribution >= 4 is 39.2 Å². The van der Waals surface area contributed by atoms with E-state index in [4.69, 9.17) is 16.7 Å². The molecule has 0 aliphatic carbocycles. The molecular formula is C9H7BrClNO4. The number of hydrogen-bond acceptors (Lipinski definition) is 3. The molecule has 7 heteroatoms. The summed E-state index contributed by atoms with van der Waals surface area (Å²) < 4.78 is 0. The van der Waals surface area contributed by atoms with Gasteiger partial charge in [-0.3, -0.25) is 14.9 Å². The summed E-state index contributed by atoms with van der Waals surface area (Å²) in [5, 5.41) is 20.0. The smallest absolute Gasteiger partial charge is 0.308 e. The second kappa shape index (κ2) is 5.27. The minimum absolute atomic E-state index is 0.179. The lowest BCUT2D eigenvalue weighted by molar-refractivity contribution is -0.385. The molecule has 0 spiro atoms. The number of carbonyl (C=O) groups is 1. The normalized spacial score (nSPS) is 10.1. The van der Waals surface area contributed by atoms with E-state index in [1.807, 2.05) is 0 Å². The number of benzene rings is 1. The Morgan fingerprint density at radius 2 is 2.19 bits per heavy atom. The molecule has 0 atom stereocenters. The Morgan fingerprint density at radius 3 is 2.62 bits per heavy atom. The fourth-order valence-corrected chi connectivity index (χ4v) is 2.05. The van der Waals surface area contributed by atoms with Crippen molar-refractivity contribution in [3.8, 4) is 0 Å². The van der Waals surface area contributed by atoms with Crippen LogP contribution >= 0.6 is 27.5 Å². The summed E-state index contributed by atoms with van der Waals surface area (Å²) in [6, 6.07) is 2.67. The lowest BCUT2D eigenvalue weighted by atomic mass is 10.0. The zero-order valence-corrected chi connectivity index (χ0v) is 10.3. The Morgan fingerprint density at radius 1 is 1.56 bits per heavy atom.